The lowest BCUT2D eigenvalue weighted by atomic mass is 10.2. The van der Waals surface area contributed by atoms with Gasteiger partial charge in [0.1, 0.15) is 17.3 Å². The van der Waals surface area contributed by atoms with Crippen molar-refractivity contribution in [1.82, 2.24) is 4.98 Å². The van der Waals surface area contributed by atoms with Crippen molar-refractivity contribution in [2.24, 2.45) is 0 Å². The molecule has 1 aromatic carbocycles. The molecule has 2 aromatic rings. The lowest BCUT2D eigenvalue weighted by Crippen LogP contribution is -1.98. The van der Waals surface area contributed by atoms with Gasteiger partial charge in [0.2, 0.25) is 0 Å². The highest BCUT2D eigenvalue weighted by Crippen LogP contribution is 2.25. The van der Waals surface area contributed by atoms with Crippen molar-refractivity contribution < 1.29 is 14.2 Å². The van der Waals surface area contributed by atoms with Gasteiger partial charge in [-0.1, -0.05) is 18.5 Å². The van der Waals surface area contributed by atoms with Crippen LogP contribution in [-0.4, -0.2) is 10.1 Å². The van der Waals surface area contributed by atoms with Crippen molar-refractivity contribution in [3.05, 3.63) is 53.1 Å². The number of benzene rings is 1. The summed E-state index contributed by atoms with van der Waals surface area (Å²) in [4.78, 5) is 4.09. The molecule has 1 heterocycles. The molecule has 1 atom stereocenters. The zero-order chi connectivity index (χ0) is 13.8. The molecule has 0 aliphatic carbocycles. The molecular weight excluding hydrogens is 269 g/mol. The number of pyridine rings is 1. The van der Waals surface area contributed by atoms with E-state index in [1.807, 2.05) is 6.92 Å². The Morgan fingerprint density at radius 1 is 1.32 bits per heavy atom. The average molecular weight is 282 g/mol. The van der Waals surface area contributed by atoms with E-state index in [1.54, 1.807) is 18.2 Å². The Kier molecular flexibility index (Phi) is 4.35. The van der Waals surface area contributed by atoms with E-state index in [2.05, 4.69) is 4.98 Å². The number of hydrogen-bond acceptors (Lipinski definition) is 3. The monoisotopic (exact) mass is 281 g/mol. The van der Waals surface area contributed by atoms with Crippen LogP contribution in [-0.2, 0) is 0 Å². The summed E-state index contributed by atoms with van der Waals surface area (Å²) in [6.07, 6.45) is 1.50. The van der Waals surface area contributed by atoms with Crippen LogP contribution < -0.4 is 4.74 Å². The summed E-state index contributed by atoms with van der Waals surface area (Å²) < 4.78 is 18.7. The van der Waals surface area contributed by atoms with Crippen LogP contribution in [0.1, 0.15) is 25.1 Å². The number of halogens is 2. The van der Waals surface area contributed by atoms with E-state index < -0.39 is 11.9 Å². The SMILES string of the molecule is CC[C@H](O)c1ccc(Oc2ccc(Cl)c(F)c2)cn1. The van der Waals surface area contributed by atoms with E-state index in [-0.39, 0.29) is 5.02 Å². The molecule has 0 bridgehead atoms. The molecule has 0 aliphatic heterocycles. The van der Waals surface area contributed by atoms with Gasteiger partial charge in [-0.2, -0.15) is 0 Å². The molecule has 0 saturated carbocycles. The summed E-state index contributed by atoms with van der Waals surface area (Å²) in [6.45, 7) is 1.87. The van der Waals surface area contributed by atoms with Crippen LogP contribution in [0.3, 0.4) is 0 Å². The molecule has 0 saturated heterocycles. The fourth-order valence-corrected chi connectivity index (χ4v) is 1.65. The lowest BCUT2D eigenvalue weighted by molar-refractivity contribution is 0.169. The van der Waals surface area contributed by atoms with Crippen molar-refractivity contribution >= 4 is 11.6 Å². The van der Waals surface area contributed by atoms with Crippen LogP contribution in [0.25, 0.3) is 0 Å². The summed E-state index contributed by atoms with van der Waals surface area (Å²) in [7, 11) is 0. The van der Waals surface area contributed by atoms with E-state index in [9.17, 15) is 9.50 Å². The Balaban J connectivity index is 2.12. The van der Waals surface area contributed by atoms with E-state index in [1.165, 1.54) is 18.3 Å². The molecule has 3 nitrogen and oxygen atoms in total. The van der Waals surface area contributed by atoms with E-state index in [4.69, 9.17) is 16.3 Å². The number of nitrogens with zero attached hydrogens (tertiary/aromatic N) is 1. The Labute approximate surface area is 115 Å². The van der Waals surface area contributed by atoms with Crippen LogP contribution >= 0.6 is 11.6 Å². The molecule has 0 radical (unpaired) electrons. The van der Waals surface area contributed by atoms with Crippen LogP contribution in [0.5, 0.6) is 11.5 Å². The Morgan fingerprint density at radius 2 is 2.05 bits per heavy atom. The highest BCUT2D eigenvalue weighted by atomic mass is 35.5. The zero-order valence-corrected chi connectivity index (χ0v) is 11.1. The number of hydrogen-bond donors (Lipinski definition) is 1. The largest absolute Gasteiger partial charge is 0.456 e. The second kappa shape index (κ2) is 5.99. The maximum atomic E-state index is 13.2. The van der Waals surface area contributed by atoms with Gasteiger partial charge in [0.25, 0.3) is 0 Å². The van der Waals surface area contributed by atoms with Gasteiger partial charge in [-0.15, -0.1) is 0 Å². The topological polar surface area (TPSA) is 42.4 Å². The molecule has 5 heteroatoms. The number of aromatic nitrogens is 1. The second-order valence-electron chi connectivity index (χ2n) is 4.02. The van der Waals surface area contributed by atoms with Gasteiger partial charge >= 0.3 is 0 Å². The summed E-state index contributed by atoms with van der Waals surface area (Å²) in [5.74, 6) is 0.270. The van der Waals surface area contributed by atoms with Crippen molar-refractivity contribution in [2.75, 3.05) is 0 Å². The standard InChI is InChI=1S/C14H13ClFNO2/c1-2-14(18)13-6-4-10(8-17-13)19-9-3-5-11(15)12(16)7-9/h3-8,14,18H,2H2,1H3/t14-/m0/s1. The maximum Gasteiger partial charge on any atom is 0.145 e. The first-order chi connectivity index (χ1) is 9.10. The maximum absolute atomic E-state index is 13.2. The fourth-order valence-electron chi connectivity index (χ4n) is 1.53. The Bertz CT molecular complexity index is 560. The molecule has 0 aliphatic rings. The molecule has 0 spiro atoms. The zero-order valence-electron chi connectivity index (χ0n) is 10.3. The van der Waals surface area contributed by atoms with Gasteiger partial charge in [0, 0.05) is 6.07 Å². The third-order valence-electron chi connectivity index (χ3n) is 2.61. The smallest absolute Gasteiger partial charge is 0.145 e. The van der Waals surface area contributed by atoms with Crippen molar-refractivity contribution in [3.63, 3.8) is 0 Å². The van der Waals surface area contributed by atoms with Gasteiger partial charge in [0.05, 0.1) is 23.0 Å². The summed E-state index contributed by atoms with van der Waals surface area (Å²) in [6, 6.07) is 7.55. The number of ether oxygens (including phenoxy) is 1. The molecule has 2 rings (SSSR count). The normalized spacial score (nSPS) is 12.2. The molecule has 0 fully saturated rings. The molecule has 1 aromatic heterocycles. The van der Waals surface area contributed by atoms with Crippen LogP contribution in [0.4, 0.5) is 4.39 Å². The first kappa shape index (κ1) is 13.8. The molecule has 0 unspecified atom stereocenters. The summed E-state index contributed by atoms with van der Waals surface area (Å²) in [5, 5.41) is 9.66. The molecule has 0 amide bonds. The summed E-state index contributed by atoms with van der Waals surface area (Å²) in [5.41, 5.74) is 0.581. The highest BCUT2D eigenvalue weighted by molar-refractivity contribution is 6.30. The van der Waals surface area contributed by atoms with E-state index in [0.29, 0.717) is 23.6 Å². The Morgan fingerprint density at radius 3 is 2.63 bits per heavy atom. The second-order valence-corrected chi connectivity index (χ2v) is 4.43. The van der Waals surface area contributed by atoms with Gasteiger partial charge in [-0.25, -0.2) is 4.39 Å². The molecular formula is C14H13ClFNO2. The van der Waals surface area contributed by atoms with Gasteiger partial charge in [0.15, 0.2) is 0 Å². The molecule has 1 N–H and O–H groups in total. The van der Waals surface area contributed by atoms with Gasteiger partial charge in [-0.05, 0) is 30.7 Å². The predicted octanol–water partition coefficient (Wildman–Crippen LogP) is 4.11. The Hall–Kier alpha value is -1.65. The van der Waals surface area contributed by atoms with Gasteiger partial charge < -0.3 is 9.84 Å². The van der Waals surface area contributed by atoms with Crippen LogP contribution in [0, 0.1) is 5.82 Å². The number of aliphatic hydroxyl groups excluding tert-OH is 1. The summed E-state index contributed by atoms with van der Waals surface area (Å²) >= 11 is 5.58. The molecule has 19 heavy (non-hydrogen) atoms. The van der Waals surface area contributed by atoms with Crippen molar-refractivity contribution in [3.8, 4) is 11.5 Å². The highest BCUT2D eigenvalue weighted by Gasteiger charge is 2.07. The number of rotatable bonds is 4. The third kappa shape index (κ3) is 3.43. The van der Waals surface area contributed by atoms with E-state index in [0.717, 1.165) is 0 Å². The van der Waals surface area contributed by atoms with Crippen molar-refractivity contribution in [2.45, 2.75) is 19.4 Å². The average Bonchev–Trinajstić information content (AvgIpc) is 2.43. The quantitative estimate of drug-likeness (QED) is 0.917. The lowest BCUT2D eigenvalue weighted by Gasteiger charge is -2.09. The molecule has 100 valence electrons. The predicted molar refractivity (Wildman–Crippen MR) is 71.0 cm³/mol. The minimum absolute atomic E-state index is 0.0480. The fraction of sp³-hybridized carbons (Fsp3) is 0.214. The van der Waals surface area contributed by atoms with Crippen molar-refractivity contribution in [1.29, 1.82) is 0 Å². The van der Waals surface area contributed by atoms with Crippen LogP contribution in [0.2, 0.25) is 5.02 Å². The van der Waals surface area contributed by atoms with Gasteiger partial charge in [-0.3, -0.25) is 4.98 Å². The van der Waals surface area contributed by atoms with Crippen LogP contribution in [0.15, 0.2) is 36.5 Å². The number of aliphatic hydroxyl groups is 1. The minimum Gasteiger partial charge on any atom is -0.456 e. The minimum atomic E-state index is -0.581. The third-order valence-corrected chi connectivity index (χ3v) is 2.92. The van der Waals surface area contributed by atoms with E-state index >= 15 is 0 Å². The first-order valence-corrected chi connectivity index (χ1v) is 6.25. The first-order valence-electron chi connectivity index (χ1n) is 5.87.